The van der Waals surface area contributed by atoms with Crippen LogP contribution in [-0.2, 0) is 0 Å². The molecule has 2 aromatic rings. The number of nitrogens with zero attached hydrogens (tertiary/aromatic N) is 1. The molecular weight excluding hydrogens is 270 g/mol. The second-order valence-electron chi connectivity index (χ2n) is 5.09. The van der Waals surface area contributed by atoms with E-state index in [0.29, 0.717) is 11.6 Å². The van der Waals surface area contributed by atoms with Crippen LogP contribution in [0.15, 0.2) is 29.6 Å². The SMILES string of the molecule is CC(C)c1cccc(NC(=O)c2csc(C(C)N)n2)c1. The molecule has 106 valence electrons. The minimum atomic E-state index is -0.200. The molecule has 0 aliphatic carbocycles. The van der Waals surface area contributed by atoms with Crippen LogP contribution in [0.3, 0.4) is 0 Å². The number of nitrogens with one attached hydrogen (secondary N) is 1. The maximum Gasteiger partial charge on any atom is 0.275 e. The van der Waals surface area contributed by atoms with Gasteiger partial charge in [0.1, 0.15) is 10.7 Å². The Kier molecular flexibility index (Phi) is 4.52. The fraction of sp³-hybridized carbons (Fsp3) is 0.333. The molecule has 1 atom stereocenters. The molecule has 4 nitrogen and oxygen atoms in total. The van der Waals surface area contributed by atoms with E-state index in [1.54, 1.807) is 5.38 Å². The molecule has 0 aliphatic heterocycles. The Bertz CT molecular complexity index is 605. The van der Waals surface area contributed by atoms with Crippen LogP contribution in [0.5, 0.6) is 0 Å². The first-order chi connectivity index (χ1) is 9.47. The Hall–Kier alpha value is -1.72. The Balaban J connectivity index is 2.12. The first-order valence-corrected chi connectivity index (χ1v) is 7.47. The van der Waals surface area contributed by atoms with Crippen LogP contribution < -0.4 is 11.1 Å². The van der Waals surface area contributed by atoms with Gasteiger partial charge in [-0.15, -0.1) is 11.3 Å². The molecule has 0 spiro atoms. The Morgan fingerprint density at radius 1 is 1.35 bits per heavy atom. The molecule has 1 aromatic carbocycles. The van der Waals surface area contributed by atoms with Gasteiger partial charge < -0.3 is 11.1 Å². The molecule has 0 fully saturated rings. The van der Waals surface area contributed by atoms with Crippen molar-refractivity contribution in [2.45, 2.75) is 32.7 Å². The molecule has 0 aliphatic rings. The van der Waals surface area contributed by atoms with Gasteiger partial charge >= 0.3 is 0 Å². The van der Waals surface area contributed by atoms with Gasteiger partial charge in [-0.05, 0) is 30.5 Å². The number of rotatable bonds is 4. The van der Waals surface area contributed by atoms with Gasteiger partial charge in [0.15, 0.2) is 0 Å². The van der Waals surface area contributed by atoms with Crippen LogP contribution in [0, 0.1) is 0 Å². The molecule has 3 N–H and O–H groups in total. The molecule has 2 rings (SSSR count). The summed E-state index contributed by atoms with van der Waals surface area (Å²) in [4.78, 5) is 16.4. The van der Waals surface area contributed by atoms with Crippen molar-refractivity contribution in [3.05, 3.63) is 45.9 Å². The second kappa shape index (κ2) is 6.15. The summed E-state index contributed by atoms with van der Waals surface area (Å²) in [5, 5.41) is 5.38. The number of benzene rings is 1. The number of carbonyl (C=O) groups excluding carboxylic acids is 1. The third kappa shape index (κ3) is 3.43. The number of aromatic nitrogens is 1. The van der Waals surface area contributed by atoms with Crippen molar-refractivity contribution in [3.63, 3.8) is 0 Å². The van der Waals surface area contributed by atoms with E-state index in [4.69, 9.17) is 5.73 Å². The molecule has 0 radical (unpaired) electrons. The average molecular weight is 289 g/mol. The number of thiazole rings is 1. The summed E-state index contributed by atoms with van der Waals surface area (Å²) in [6.45, 7) is 6.10. The summed E-state index contributed by atoms with van der Waals surface area (Å²) in [7, 11) is 0. The van der Waals surface area contributed by atoms with Crippen molar-refractivity contribution in [1.29, 1.82) is 0 Å². The average Bonchev–Trinajstić information content (AvgIpc) is 2.88. The topological polar surface area (TPSA) is 68.0 Å². The lowest BCUT2D eigenvalue weighted by atomic mass is 10.0. The first-order valence-electron chi connectivity index (χ1n) is 6.59. The largest absolute Gasteiger partial charge is 0.322 e. The summed E-state index contributed by atoms with van der Waals surface area (Å²) in [6, 6.07) is 7.71. The van der Waals surface area contributed by atoms with Crippen molar-refractivity contribution < 1.29 is 4.79 Å². The third-order valence-corrected chi connectivity index (χ3v) is 4.00. The molecular formula is C15H19N3OS. The predicted octanol–water partition coefficient (Wildman–Crippen LogP) is 3.54. The highest BCUT2D eigenvalue weighted by atomic mass is 32.1. The van der Waals surface area contributed by atoms with E-state index >= 15 is 0 Å². The zero-order valence-electron chi connectivity index (χ0n) is 11.9. The maximum absolute atomic E-state index is 12.1. The second-order valence-corrected chi connectivity index (χ2v) is 5.98. The lowest BCUT2D eigenvalue weighted by Crippen LogP contribution is -2.13. The van der Waals surface area contributed by atoms with Crippen LogP contribution in [0.2, 0.25) is 0 Å². The van der Waals surface area contributed by atoms with E-state index in [0.717, 1.165) is 10.7 Å². The monoisotopic (exact) mass is 289 g/mol. The van der Waals surface area contributed by atoms with Crippen LogP contribution in [0.25, 0.3) is 0 Å². The van der Waals surface area contributed by atoms with E-state index in [2.05, 4.69) is 30.2 Å². The van der Waals surface area contributed by atoms with Crippen molar-refractivity contribution in [2.24, 2.45) is 5.73 Å². The lowest BCUT2D eigenvalue weighted by molar-refractivity contribution is 0.102. The van der Waals surface area contributed by atoms with E-state index in [-0.39, 0.29) is 11.9 Å². The van der Waals surface area contributed by atoms with Crippen molar-refractivity contribution >= 4 is 22.9 Å². The van der Waals surface area contributed by atoms with Crippen LogP contribution in [-0.4, -0.2) is 10.9 Å². The summed E-state index contributed by atoms with van der Waals surface area (Å²) in [5.74, 6) is 0.227. The Labute approximate surface area is 123 Å². The van der Waals surface area contributed by atoms with Gasteiger partial charge in [0, 0.05) is 11.1 Å². The van der Waals surface area contributed by atoms with Crippen molar-refractivity contribution in [2.75, 3.05) is 5.32 Å². The van der Waals surface area contributed by atoms with Gasteiger partial charge in [-0.2, -0.15) is 0 Å². The van der Waals surface area contributed by atoms with Crippen LogP contribution in [0.4, 0.5) is 5.69 Å². The van der Waals surface area contributed by atoms with Gasteiger partial charge in [0.2, 0.25) is 0 Å². The quantitative estimate of drug-likeness (QED) is 0.904. The third-order valence-electron chi connectivity index (χ3n) is 2.96. The number of amides is 1. The molecule has 1 heterocycles. The van der Waals surface area contributed by atoms with Crippen LogP contribution >= 0.6 is 11.3 Å². The fourth-order valence-electron chi connectivity index (χ4n) is 1.77. The zero-order valence-corrected chi connectivity index (χ0v) is 12.7. The number of nitrogens with two attached hydrogens (primary N) is 1. The molecule has 0 bridgehead atoms. The number of anilines is 1. The van der Waals surface area contributed by atoms with Gasteiger partial charge in [0.25, 0.3) is 5.91 Å². The first kappa shape index (κ1) is 14.7. The summed E-state index contributed by atoms with van der Waals surface area (Å²) in [6.07, 6.45) is 0. The van der Waals surface area contributed by atoms with Crippen molar-refractivity contribution in [3.8, 4) is 0 Å². The van der Waals surface area contributed by atoms with Gasteiger partial charge in [0.05, 0.1) is 6.04 Å². The molecule has 0 saturated heterocycles. The molecule has 0 saturated carbocycles. The van der Waals surface area contributed by atoms with E-state index in [1.807, 2.05) is 25.1 Å². The highest BCUT2D eigenvalue weighted by Gasteiger charge is 2.13. The minimum absolute atomic E-state index is 0.147. The number of hydrogen-bond acceptors (Lipinski definition) is 4. The lowest BCUT2D eigenvalue weighted by Gasteiger charge is -2.08. The predicted molar refractivity (Wildman–Crippen MR) is 83.2 cm³/mol. The summed E-state index contributed by atoms with van der Waals surface area (Å²) >= 11 is 1.41. The van der Waals surface area contributed by atoms with E-state index < -0.39 is 0 Å². The Morgan fingerprint density at radius 3 is 2.70 bits per heavy atom. The highest BCUT2D eigenvalue weighted by Crippen LogP contribution is 2.20. The van der Waals surface area contributed by atoms with E-state index in [1.165, 1.54) is 16.9 Å². The zero-order chi connectivity index (χ0) is 14.7. The standard InChI is InChI=1S/C15H19N3OS/c1-9(2)11-5-4-6-12(7-11)17-14(19)13-8-20-15(18-13)10(3)16/h4-10H,16H2,1-3H3,(H,17,19). The van der Waals surface area contributed by atoms with Gasteiger partial charge in [-0.25, -0.2) is 4.98 Å². The molecule has 5 heteroatoms. The highest BCUT2D eigenvalue weighted by molar-refractivity contribution is 7.09. The molecule has 1 aromatic heterocycles. The summed E-state index contributed by atoms with van der Waals surface area (Å²) < 4.78 is 0. The minimum Gasteiger partial charge on any atom is -0.322 e. The van der Waals surface area contributed by atoms with Crippen molar-refractivity contribution in [1.82, 2.24) is 4.98 Å². The van der Waals surface area contributed by atoms with Crippen LogP contribution in [0.1, 0.15) is 53.8 Å². The number of carbonyl (C=O) groups is 1. The van der Waals surface area contributed by atoms with Gasteiger partial charge in [-0.3, -0.25) is 4.79 Å². The van der Waals surface area contributed by atoms with E-state index in [9.17, 15) is 4.79 Å². The summed E-state index contributed by atoms with van der Waals surface area (Å²) in [5.41, 5.74) is 8.14. The van der Waals surface area contributed by atoms with Gasteiger partial charge in [-0.1, -0.05) is 26.0 Å². The number of hydrogen-bond donors (Lipinski definition) is 2. The smallest absolute Gasteiger partial charge is 0.275 e. The Morgan fingerprint density at radius 2 is 2.10 bits per heavy atom. The normalized spacial score (nSPS) is 12.4. The molecule has 1 amide bonds. The molecule has 1 unspecified atom stereocenters. The fourth-order valence-corrected chi connectivity index (χ4v) is 2.53. The maximum atomic E-state index is 12.1. The molecule has 20 heavy (non-hydrogen) atoms.